The van der Waals surface area contributed by atoms with Crippen molar-refractivity contribution in [3.05, 3.63) is 48.5 Å². The summed E-state index contributed by atoms with van der Waals surface area (Å²) in [5.74, 6) is 0. The van der Waals surface area contributed by atoms with Crippen LogP contribution in [0.25, 0.3) is 5.69 Å². The largest absolute Gasteiger partial charge is 0.306 e. The van der Waals surface area contributed by atoms with Crippen molar-refractivity contribution in [2.45, 2.75) is 0 Å². The maximum atomic E-state index is 10.8. The van der Waals surface area contributed by atoms with Gasteiger partial charge in [-0.05, 0) is 35.9 Å². The van der Waals surface area contributed by atoms with Gasteiger partial charge in [-0.25, -0.2) is 4.98 Å². The van der Waals surface area contributed by atoms with E-state index < -0.39 is 5.24 Å². The first-order chi connectivity index (χ1) is 6.77. The molecule has 2 rings (SSSR count). The van der Waals surface area contributed by atoms with E-state index in [0.29, 0.717) is 5.56 Å². The Morgan fingerprint density at radius 1 is 1.29 bits per heavy atom. The third-order valence-electron chi connectivity index (χ3n) is 1.90. The third-order valence-corrected chi connectivity index (χ3v) is 2.12. The topological polar surface area (TPSA) is 34.9 Å². The van der Waals surface area contributed by atoms with Gasteiger partial charge >= 0.3 is 0 Å². The molecule has 1 heterocycles. The molecule has 0 aliphatic rings. The van der Waals surface area contributed by atoms with Gasteiger partial charge in [0.1, 0.15) is 0 Å². The van der Waals surface area contributed by atoms with Crippen molar-refractivity contribution in [3.8, 4) is 5.69 Å². The van der Waals surface area contributed by atoms with Gasteiger partial charge in [0.2, 0.25) is 0 Å². The van der Waals surface area contributed by atoms with E-state index in [2.05, 4.69) is 4.98 Å². The highest BCUT2D eigenvalue weighted by Gasteiger charge is 2.01. The molecular formula is C10H7ClN2O. The molecule has 0 unspecified atom stereocenters. The van der Waals surface area contributed by atoms with Gasteiger partial charge in [-0.15, -0.1) is 0 Å². The van der Waals surface area contributed by atoms with E-state index in [1.165, 1.54) is 0 Å². The average molecular weight is 207 g/mol. The molecule has 4 heteroatoms. The molecule has 0 N–H and O–H groups in total. The molecule has 14 heavy (non-hydrogen) atoms. The number of imidazole rings is 1. The Morgan fingerprint density at radius 3 is 2.50 bits per heavy atom. The fraction of sp³-hybridized carbons (Fsp3) is 0. The quantitative estimate of drug-likeness (QED) is 0.707. The summed E-state index contributed by atoms with van der Waals surface area (Å²) < 4.78 is 1.85. The molecule has 0 bridgehead atoms. The number of nitrogens with zero attached hydrogens (tertiary/aromatic N) is 2. The average Bonchev–Trinajstić information content (AvgIpc) is 2.71. The van der Waals surface area contributed by atoms with E-state index in [1.807, 2.05) is 22.9 Å². The normalized spacial score (nSPS) is 10.1. The minimum absolute atomic E-state index is 0.442. The van der Waals surface area contributed by atoms with Crippen molar-refractivity contribution in [1.82, 2.24) is 9.55 Å². The van der Waals surface area contributed by atoms with Crippen molar-refractivity contribution >= 4 is 16.8 Å². The van der Waals surface area contributed by atoms with Crippen molar-refractivity contribution in [2.24, 2.45) is 0 Å². The first kappa shape index (κ1) is 8.97. The number of halogens is 1. The van der Waals surface area contributed by atoms with Crippen LogP contribution in [0.5, 0.6) is 0 Å². The molecule has 2 aromatic rings. The summed E-state index contributed by atoms with van der Waals surface area (Å²) in [6.07, 6.45) is 5.22. The van der Waals surface area contributed by atoms with Crippen LogP contribution in [0.1, 0.15) is 10.4 Å². The summed E-state index contributed by atoms with van der Waals surface area (Å²) in [4.78, 5) is 14.7. The Balaban J connectivity index is 2.36. The van der Waals surface area contributed by atoms with E-state index in [9.17, 15) is 4.79 Å². The molecular weight excluding hydrogens is 200 g/mol. The highest BCUT2D eigenvalue weighted by molar-refractivity contribution is 6.67. The van der Waals surface area contributed by atoms with Crippen LogP contribution in [0.2, 0.25) is 0 Å². The number of aromatic nitrogens is 2. The monoisotopic (exact) mass is 206 g/mol. The van der Waals surface area contributed by atoms with Crippen molar-refractivity contribution in [1.29, 1.82) is 0 Å². The maximum absolute atomic E-state index is 10.8. The smallest absolute Gasteiger partial charge is 0.252 e. The van der Waals surface area contributed by atoms with E-state index in [0.717, 1.165) is 5.69 Å². The van der Waals surface area contributed by atoms with Crippen LogP contribution in [0.15, 0.2) is 43.0 Å². The number of hydrogen-bond acceptors (Lipinski definition) is 2. The first-order valence-corrected chi connectivity index (χ1v) is 4.43. The number of carbonyl (C=O) groups excluding carboxylic acids is 1. The zero-order valence-corrected chi connectivity index (χ0v) is 7.98. The van der Waals surface area contributed by atoms with Crippen LogP contribution < -0.4 is 0 Å². The van der Waals surface area contributed by atoms with Crippen LogP contribution in [0.3, 0.4) is 0 Å². The van der Waals surface area contributed by atoms with Gasteiger partial charge in [0.15, 0.2) is 0 Å². The van der Waals surface area contributed by atoms with Crippen LogP contribution in [-0.2, 0) is 0 Å². The van der Waals surface area contributed by atoms with E-state index in [4.69, 9.17) is 11.6 Å². The fourth-order valence-corrected chi connectivity index (χ4v) is 1.30. The SMILES string of the molecule is O=C(Cl)c1ccc(-n2ccnc2)cc1. The molecule has 0 aliphatic carbocycles. The van der Waals surface area contributed by atoms with Gasteiger partial charge in [-0.2, -0.15) is 0 Å². The zero-order chi connectivity index (χ0) is 9.97. The predicted octanol–water partition coefficient (Wildman–Crippen LogP) is 2.25. The highest BCUT2D eigenvalue weighted by atomic mass is 35.5. The number of carbonyl (C=O) groups is 1. The van der Waals surface area contributed by atoms with Gasteiger partial charge in [-0.3, -0.25) is 4.79 Å². The third kappa shape index (κ3) is 1.67. The Labute approximate surface area is 86.0 Å². The van der Waals surface area contributed by atoms with Crippen molar-refractivity contribution in [3.63, 3.8) is 0 Å². The Morgan fingerprint density at radius 2 is 2.00 bits per heavy atom. The minimum Gasteiger partial charge on any atom is -0.306 e. The van der Waals surface area contributed by atoms with Crippen LogP contribution >= 0.6 is 11.6 Å². The van der Waals surface area contributed by atoms with Crippen LogP contribution in [-0.4, -0.2) is 14.8 Å². The standard InChI is InChI=1S/C10H7ClN2O/c11-10(14)8-1-3-9(4-2-8)13-6-5-12-7-13/h1-7H. The molecule has 1 aromatic heterocycles. The molecule has 70 valence electrons. The molecule has 0 saturated carbocycles. The van der Waals surface area contributed by atoms with Gasteiger partial charge < -0.3 is 4.57 Å². The molecule has 3 nitrogen and oxygen atoms in total. The number of rotatable bonds is 2. The summed E-state index contributed by atoms with van der Waals surface area (Å²) in [7, 11) is 0. The summed E-state index contributed by atoms with van der Waals surface area (Å²) >= 11 is 5.32. The molecule has 1 aromatic carbocycles. The lowest BCUT2D eigenvalue weighted by Gasteiger charge is -2.01. The first-order valence-electron chi connectivity index (χ1n) is 4.05. The van der Waals surface area contributed by atoms with Crippen LogP contribution in [0.4, 0.5) is 0 Å². The second kappa shape index (κ2) is 3.64. The van der Waals surface area contributed by atoms with Crippen molar-refractivity contribution < 1.29 is 4.79 Å². The van der Waals surface area contributed by atoms with Gasteiger partial charge in [0.05, 0.1) is 6.33 Å². The van der Waals surface area contributed by atoms with Gasteiger partial charge in [0, 0.05) is 23.6 Å². The van der Waals surface area contributed by atoms with Gasteiger partial charge in [0.25, 0.3) is 5.24 Å². The Bertz CT molecular complexity index is 434. The lowest BCUT2D eigenvalue weighted by atomic mass is 10.2. The molecule has 0 amide bonds. The van der Waals surface area contributed by atoms with Gasteiger partial charge in [-0.1, -0.05) is 0 Å². The van der Waals surface area contributed by atoms with E-state index in [1.54, 1.807) is 24.7 Å². The van der Waals surface area contributed by atoms with E-state index >= 15 is 0 Å². The molecule has 0 atom stereocenters. The summed E-state index contributed by atoms with van der Waals surface area (Å²) in [5, 5.41) is -0.442. The van der Waals surface area contributed by atoms with E-state index in [-0.39, 0.29) is 0 Å². The fourth-order valence-electron chi connectivity index (χ4n) is 1.18. The molecule has 0 spiro atoms. The lowest BCUT2D eigenvalue weighted by Crippen LogP contribution is -1.92. The second-order valence-electron chi connectivity index (χ2n) is 2.79. The number of benzene rings is 1. The Hall–Kier alpha value is -1.61. The summed E-state index contributed by atoms with van der Waals surface area (Å²) in [5.41, 5.74) is 1.44. The molecule has 0 aliphatic heterocycles. The molecule has 0 radical (unpaired) electrons. The Kier molecular flexibility index (Phi) is 2.33. The molecule has 0 saturated heterocycles. The zero-order valence-electron chi connectivity index (χ0n) is 7.22. The summed E-state index contributed by atoms with van der Waals surface area (Å²) in [6, 6.07) is 7.00. The maximum Gasteiger partial charge on any atom is 0.252 e. The second-order valence-corrected chi connectivity index (χ2v) is 3.13. The molecule has 0 fully saturated rings. The van der Waals surface area contributed by atoms with Crippen molar-refractivity contribution in [2.75, 3.05) is 0 Å². The number of hydrogen-bond donors (Lipinski definition) is 0. The summed E-state index contributed by atoms with van der Waals surface area (Å²) in [6.45, 7) is 0. The lowest BCUT2D eigenvalue weighted by molar-refractivity contribution is 0.108. The minimum atomic E-state index is -0.442. The van der Waals surface area contributed by atoms with Crippen LogP contribution in [0, 0.1) is 0 Å². The predicted molar refractivity (Wildman–Crippen MR) is 53.7 cm³/mol. The highest BCUT2D eigenvalue weighted by Crippen LogP contribution is 2.10.